The topological polar surface area (TPSA) is 59.8 Å². The maximum absolute atomic E-state index is 12.7. The summed E-state index contributed by atoms with van der Waals surface area (Å²) >= 11 is 9.85. The maximum atomic E-state index is 12.7. The first-order chi connectivity index (χ1) is 12.5. The fourth-order valence-electron chi connectivity index (χ4n) is 2.56. The lowest BCUT2D eigenvalue weighted by molar-refractivity contribution is 0.102. The second-order valence-corrected chi connectivity index (χ2v) is 8.18. The van der Waals surface area contributed by atoms with Crippen molar-refractivity contribution in [3.63, 3.8) is 0 Å². The fourth-order valence-corrected chi connectivity index (χ4v) is 4.42. The molecule has 0 unspecified atom stereocenters. The molecule has 1 N–H and O–H groups in total. The van der Waals surface area contributed by atoms with Crippen LogP contribution in [0.25, 0.3) is 15.3 Å². The van der Waals surface area contributed by atoms with Gasteiger partial charge in [-0.2, -0.15) is 9.78 Å². The number of nitrogens with one attached hydrogen (secondary N) is 1. The Morgan fingerprint density at radius 1 is 1.23 bits per heavy atom. The summed E-state index contributed by atoms with van der Waals surface area (Å²) in [6, 6.07) is 14.9. The quantitative estimate of drug-likeness (QED) is 0.393. The van der Waals surface area contributed by atoms with E-state index in [1.165, 1.54) is 11.3 Å². The Balaban J connectivity index is 1.74. The van der Waals surface area contributed by atoms with Crippen LogP contribution in [0.1, 0.15) is 16.1 Å². The van der Waals surface area contributed by atoms with Gasteiger partial charge >= 0.3 is 0 Å². The Labute approximate surface area is 172 Å². The largest absolute Gasteiger partial charge is 0.306 e. The molecule has 0 saturated carbocycles. The molecule has 1 amide bonds. The fraction of sp³-hybridized carbons (Fsp3) is 0.0556. The molecular formula is C18H12ClIN4OS. The number of fused-ring (bicyclic) bond motifs is 1. The highest BCUT2D eigenvalue weighted by Crippen LogP contribution is 2.31. The molecule has 0 aliphatic heterocycles. The van der Waals surface area contributed by atoms with E-state index >= 15 is 0 Å². The molecule has 2 aromatic heterocycles. The van der Waals surface area contributed by atoms with E-state index in [4.69, 9.17) is 11.6 Å². The minimum absolute atomic E-state index is 0.185. The second kappa shape index (κ2) is 6.98. The number of benzene rings is 2. The first kappa shape index (κ1) is 17.4. The Bertz CT molecular complexity index is 1140. The molecular weight excluding hydrogens is 483 g/mol. The Kier molecular flexibility index (Phi) is 4.68. The first-order valence-corrected chi connectivity index (χ1v) is 9.98. The summed E-state index contributed by atoms with van der Waals surface area (Å²) in [5.74, 6) is 0.387. The third-order valence-electron chi connectivity index (χ3n) is 3.73. The van der Waals surface area contributed by atoms with Crippen LogP contribution >= 0.6 is 45.5 Å². The number of thiazole rings is 1. The van der Waals surface area contributed by atoms with E-state index < -0.39 is 0 Å². The van der Waals surface area contributed by atoms with Crippen LogP contribution < -0.4 is 5.32 Å². The van der Waals surface area contributed by atoms with Gasteiger partial charge in [-0.25, -0.2) is 4.98 Å². The molecule has 0 aliphatic rings. The zero-order valence-electron chi connectivity index (χ0n) is 13.5. The molecule has 2 heterocycles. The zero-order chi connectivity index (χ0) is 18.3. The van der Waals surface area contributed by atoms with Gasteiger partial charge in [-0.15, -0.1) is 0 Å². The van der Waals surface area contributed by atoms with Gasteiger partial charge in [-0.3, -0.25) is 4.79 Å². The lowest BCUT2D eigenvalue weighted by Crippen LogP contribution is -2.16. The lowest BCUT2D eigenvalue weighted by atomic mass is 10.2. The number of anilines is 1. The number of carbonyl (C=O) groups excluding carboxylic acids is 1. The van der Waals surface area contributed by atoms with Crippen LogP contribution in [0.5, 0.6) is 0 Å². The first-order valence-electron chi connectivity index (χ1n) is 7.71. The molecule has 0 radical (unpaired) electrons. The van der Waals surface area contributed by atoms with Crippen LogP contribution in [0.4, 0.5) is 5.82 Å². The van der Waals surface area contributed by atoms with E-state index in [-0.39, 0.29) is 5.91 Å². The third kappa shape index (κ3) is 3.22. The summed E-state index contributed by atoms with van der Waals surface area (Å²) in [5.41, 5.74) is 2.14. The number of aryl methyl sites for hydroxylation is 1. The Hall–Kier alpha value is -1.97. The van der Waals surface area contributed by atoms with E-state index in [1.807, 2.05) is 49.4 Å². The molecule has 0 spiro atoms. The molecule has 0 saturated heterocycles. The third-order valence-corrected chi connectivity index (χ3v) is 5.97. The van der Waals surface area contributed by atoms with Crippen molar-refractivity contribution in [3.05, 3.63) is 68.4 Å². The standard InChI is InChI=1S/C18H12ClIN4OS/c1-10-9-15(21-17(25)11-5-2-3-7-13(11)20)24(23-10)18-22-16-12(19)6-4-8-14(16)26-18/h2-9H,1H3,(H,21,25). The van der Waals surface area contributed by atoms with E-state index in [0.29, 0.717) is 21.5 Å². The number of hydrogen-bond acceptors (Lipinski definition) is 4. The lowest BCUT2D eigenvalue weighted by Gasteiger charge is -2.07. The van der Waals surface area contributed by atoms with Crippen LogP contribution in [0.3, 0.4) is 0 Å². The van der Waals surface area contributed by atoms with Gasteiger partial charge < -0.3 is 5.32 Å². The summed E-state index contributed by atoms with van der Waals surface area (Å²) in [7, 11) is 0. The van der Waals surface area contributed by atoms with Crippen molar-refractivity contribution in [2.45, 2.75) is 6.92 Å². The van der Waals surface area contributed by atoms with E-state index in [1.54, 1.807) is 10.7 Å². The van der Waals surface area contributed by atoms with Gasteiger partial charge in [0.1, 0.15) is 11.3 Å². The number of aromatic nitrogens is 3. The highest BCUT2D eigenvalue weighted by Gasteiger charge is 2.17. The van der Waals surface area contributed by atoms with Crippen LogP contribution in [-0.4, -0.2) is 20.7 Å². The van der Waals surface area contributed by atoms with Gasteiger partial charge in [0.15, 0.2) is 0 Å². The molecule has 4 aromatic rings. The smallest absolute Gasteiger partial charge is 0.257 e. The maximum Gasteiger partial charge on any atom is 0.257 e. The normalized spacial score (nSPS) is 11.0. The van der Waals surface area contributed by atoms with Crippen LogP contribution in [0, 0.1) is 10.5 Å². The van der Waals surface area contributed by atoms with Crippen molar-refractivity contribution < 1.29 is 4.79 Å². The summed E-state index contributed by atoms with van der Waals surface area (Å²) in [5, 5.41) is 8.66. The van der Waals surface area contributed by atoms with Gasteiger partial charge in [0, 0.05) is 9.64 Å². The second-order valence-electron chi connectivity index (χ2n) is 5.60. The number of halogens is 2. The number of carbonyl (C=O) groups is 1. The predicted molar refractivity (Wildman–Crippen MR) is 114 cm³/mol. The van der Waals surface area contributed by atoms with E-state index in [2.05, 4.69) is 38.0 Å². The highest BCUT2D eigenvalue weighted by atomic mass is 127. The molecule has 26 heavy (non-hydrogen) atoms. The highest BCUT2D eigenvalue weighted by molar-refractivity contribution is 14.1. The van der Waals surface area contributed by atoms with E-state index in [0.717, 1.165) is 19.5 Å². The number of rotatable bonds is 3. The molecule has 0 fully saturated rings. The molecule has 0 aliphatic carbocycles. The molecule has 0 atom stereocenters. The minimum Gasteiger partial charge on any atom is -0.306 e. The molecule has 4 rings (SSSR count). The predicted octanol–water partition coefficient (Wildman–Crippen LogP) is 5.30. The van der Waals surface area contributed by atoms with Crippen LogP contribution in [0.15, 0.2) is 48.5 Å². The molecule has 2 aromatic carbocycles. The Morgan fingerprint density at radius 2 is 2.04 bits per heavy atom. The number of nitrogens with zero attached hydrogens (tertiary/aromatic N) is 3. The average molecular weight is 495 g/mol. The van der Waals surface area contributed by atoms with Gasteiger partial charge in [-0.1, -0.05) is 41.1 Å². The van der Waals surface area contributed by atoms with Crippen molar-refractivity contribution in [1.82, 2.24) is 14.8 Å². The van der Waals surface area contributed by atoms with Crippen molar-refractivity contribution >= 4 is 67.5 Å². The number of para-hydroxylation sites is 1. The Morgan fingerprint density at radius 3 is 2.81 bits per heavy atom. The molecule has 8 heteroatoms. The average Bonchev–Trinajstić information content (AvgIpc) is 3.19. The monoisotopic (exact) mass is 494 g/mol. The van der Waals surface area contributed by atoms with Gasteiger partial charge in [0.2, 0.25) is 5.13 Å². The van der Waals surface area contributed by atoms with Gasteiger partial charge in [0.25, 0.3) is 5.91 Å². The SMILES string of the molecule is Cc1cc(NC(=O)c2ccccc2I)n(-c2nc3c(Cl)cccc3s2)n1. The van der Waals surface area contributed by atoms with Crippen molar-refractivity contribution in [2.24, 2.45) is 0 Å². The number of amides is 1. The number of hydrogen-bond donors (Lipinski definition) is 1. The molecule has 130 valence electrons. The minimum atomic E-state index is -0.185. The molecule has 0 bridgehead atoms. The van der Waals surface area contributed by atoms with Crippen molar-refractivity contribution in [3.8, 4) is 5.13 Å². The summed E-state index contributed by atoms with van der Waals surface area (Å²) in [6.45, 7) is 1.87. The summed E-state index contributed by atoms with van der Waals surface area (Å²) in [6.07, 6.45) is 0. The van der Waals surface area contributed by atoms with Gasteiger partial charge in [-0.05, 0) is 53.8 Å². The van der Waals surface area contributed by atoms with Crippen molar-refractivity contribution in [1.29, 1.82) is 0 Å². The van der Waals surface area contributed by atoms with Crippen molar-refractivity contribution in [2.75, 3.05) is 5.32 Å². The van der Waals surface area contributed by atoms with Gasteiger partial charge in [0.05, 0.1) is 21.0 Å². The zero-order valence-corrected chi connectivity index (χ0v) is 17.3. The summed E-state index contributed by atoms with van der Waals surface area (Å²) in [4.78, 5) is 17.2. The molecule has 5 nitrogen and oxygen atoms in total. The summed E-state index contributed by atoms with van der Waals surface area (Å²) < 4.78 is 3.50. The van der Waals surface area contributed by atoms with Crippen LogP contribution in [0.2, 0.25) is 5.02 Å². The van der Waals surface area contributed by atoms with E-state index in [9.17, 15) is 4.79 Å². The van der Waals surface area contributed by atoms with Crippen LogP contribution in [-0.2, 0) is 0 Å².